The second-order valence-corrected chi connectivity index (χ2v) is 10.2. The second kappa shape index (κ2) is 13.4. The molecule has 0 aliphatic carbocycles. The molecule has 1 aliphatic heterocycles. The summed E-state index contributed by atoms with van der Waals surface area (Å²) in [6, 6.07) is 19.4. The lowest BCUT2D eigenvalue weighted by molar-refractivity contribution is -0.142. The Hall–Kier alpha value is -4.83. The summed E-state index contributed by atoms with van der Waals surface area (Å²) in [5, 5.41) is 10.6. The van der Waals surface area contributed by atoms with Gasteiger partial charge in [0.25, 0.3) is 5.91 Å². The lowest BCUT2D eigenvalue weighted by Gasteiger charge is -2.34. The summed E-state index contributed by atoms with van der Waals surface area (Å²) in [4.78, 5) is 42.0. The molecule has 224 valence electrons. The number of fused-ring (bicyclic) bond motifs is 1. The number of amides is 1. The van der Waals surface area contributed by atoms with Crippen LogP contribution in [0, 0.1) is 0 Å². The average molecular weight is 587 g/mol. The van der Waals surface area contributed by atoms with Gasteiger partial charge in [-0.2, -0.15) is 0 Å². The molecule has 4 aromatic rings. The molecule has 3 aromatic carbocycles. The van der Waals surface area contributed by atoms with Crippen LogP contribution in [-0.2, 0) is 27.3 Å². The molecule has 10 heteroatoms. The number of carbonyl (C=O) groups excluding carboxylic acids is 2. The molecule has 1 aliphatic rings. The minimum Gasteiger partial charge on any atom is -0.507 e. The molecular formula is C33H34N2O8. The zero-order valence-electron chi connectivity index (χ0n) is 24.2. The number of hydrogen-bond donors (Lipinski definition) is 1. The Labute approximate surface area is 249 Å². The van der Waals surface area contributed by atoms with Crippen molar-refractivity contribution >= 4 is 22.8 Å². The molecule has 1 fully saturated rings. The van der Waals surface area contributed by atoms with Crippen LogP contribution in [0.5, 0.6) is 17.2 Å². The van der Waals surface area contributed by atoms with Gasteiger partial charge in [-0.25, -0.2) is 0 Å². The van der Waals surface area contributed by atoms with E-state index in [1.54, 1.807) is 30.0 Å². The molecule has 0 atom stereocenters. The Kier molecular flexibility index (Phi) is 9.26. The number of phenols is 1. The van der Waals surface area contributed by atoms with Gasteiger partial charge < -0.3 is 28.6 Å². The molecule has 0 unspecified atom stereocenters. The van der Waals surface area contributed by atoms with E-state index in [1.165, 1.54) is 30.9 Å². The SMILES string of the molecule is CCOC(=O)Cc1cc(-c2cc(=O)c3c(O)cc(OCC(=O)N4CCN(Cc5ccccc5)CC4)cc3o2)ccc1OC. The quantitative estimate of drug-likeness (QED) is 0.275. The van der Waals surface area contributed by atoms with E-state index in [0.717, 1.165) is 19.6 Å². The van der Waals surface area contributed by atoms with E-state index in [-0.39, 0.29) is 53.8 Å². The van der Waals surface area contributed by atoms with Crippen molar-refractivity contribution in [2.45, 2.75) is 19.9 Å². The molecule has 10 nitrogen and oxygen atoms in total. The van der Waals surface area contributed by atoms with E-state index in [9.17, 15) is 19.5 Å². The molecule has 1 aromatic heterocycles. The number of rotatable bonds is 10. The van der Waals surface area contributed by atoms with Crippen LogP contribution in [0.4, 0.5) is 0 Å². The zero-order chi connectivity index (χ0) is 30.3. The van der Waals surface area contributed by atoms with Crippen LogP contribution in [0.15, 0.2) is 75.9 Å². The van der Waals surface area contributed by atoms with Gasteiger partial charge in [-0.3, -0.25) is 19.3 Å². The maximum atomic E-state index is 13.0. The standard InChI is InChI=1S/C33H34N2O8/c1-3-41-32(39)16-24-15-23(9-10-28(24)40-2)29-19-27(37)33-26(36)17-25(18-30(33)43-29)42-21-31(38)35-13-11-34(12-14-35)20-22-7-5-4-6-8-22/h4-10,15,17-19,36H,3,11-14,16,20-21H2,1-2H3. The lowest BCUT2D eigenvalue weighted by Crippen LogP contribution is -2.49. The van der Waals surface area contributed by atoms with Crippen molar-refractivity contribution < 1.29 is 33.3 Å². The summed E-state index contributed by atoms with van der Waals surface area (Å²) in [5.74, 6) is 0.0307. The molecule has 1 amide bonds. The first-order valence-corrected chi connectivity index (χ1v) is 14.1. The fourth-order valence-corrected chi connectivity index (χ4v) is 5.14. The van der Waals surface area contributed by atoms with Gasteiger partial charge in [0.05, 0.1) is 20.1 Å². The number of benzene rings is 3. The number of carbonyl (C=O) groups is 2. The number of methoxy groups -OCH3 is 1. The average Bonchev–Trinajstić information content (AvgIpc) is 3.00. The first-order valence-electron chi connectivity index (χ1n) is 14.1. The van der Waals surface area contributed by atoms with Gasteiger partial charge in [0.15, 0.2) is 12.0 Å². The van der Waals surface area contributed by atoms with Crippen LogP contribution in [0.25, 0.3) is 22.3 Å². The summed E-state index contributed by atoms with van der Waals surface area (Å²) >= 11 is 0. The number of esters is 1. The predicted molar refractivity (Wildman–Crippen MR) is 160 cm³/mol. The third-order valence-electron chi connectivity index (χ3n) is 7.32. The largest absolute Gasteiger partial charge is 0.507 e. The van der Waals surface area contributed by atoms with Crippen LogP contribution in [0.2, 0.25) is 0 Å². The fourth-order valence-electron chi connectivity index (χ4n) is 5.14. The monoisotopic (exact) mass is 586 g/mol. The maximum Gasteiger partial charge on any atom is 0.310 e. The summed E-state index contributed by atoms with van der Waals surface area (Å²) in [5.41, 5.74) is 1.99. The highest BCUT2D eigenvalue weighted by Gasteiger charge is 2.22. The summed E-state index contributed by atoms with van der Waals surface area (Å²) in [7, 11) is 1.50. The van der Waals surface area contributed by atoms with Crippen LogP contribution in [-0.4, -0.2) is 73.3 Å². The minimum atomic E-state index is -0.451. The van der Waals surface area contributed by atoms with Gasteiger partial charge in [0.1, 0.15) is 34.0 Å². The Balaban J connectivity index is 1.28. The van der Waals surface area contributed by atoms with Crippen LogP contribution < -0.4 is 14.9 Å². The number of aromatic hydroxyl groups is 1. The van der Waals surface area contributed by atoms with Crippen LogP contribution >= 0.6 is 0 Å². The summed E-state index contributed by atoms with van der Waals surface area (Å²) in [6.07, 6.45) is -0.0163. The molecule has 1 N–H and O–H groups in total. The lowest BCUT2D eigenvalue weighted by atomic mass is 10.0. The van der Waals surface area contributed by atoms with E-state index in [4.69, 9.17) is 18.6 Å². The first kappa shape index (κ1) is 29.7. The Morgan fingerprint density at radius 2 is 1.74 bits per heavy atom. The Morgan fingerprint density at radius 3 is 2.47 bits per heavy atom. The molecule has 0 spiro atoms. The molecule has 43 heavy (non-hydrogen) atoms. The molecule has 2 heterocycles. The van der Waals surface area contributed by atoms with Crippen LogP contribution in [0.3, 0.4) is 0 Å². The van der Waals surface area contributed by atoms with Crippen molar-refractivity contribution in [1.29, 1.82) is 0 Å². The minimum absolute atomic E-state index is 0.00257. The first-order chi connectivity index (χ1) is 20.8. The van der Waals surface area contributed by atoms with E-state index >= 15 is 0 Å². The molecule has 0 saturated carbocycles. The predicted octanol–water partition coefficient (Wildman–Crippen LogP) is 4.00. The zero-order valence-corrected chi connectivity index (χ0v) is 24.2. The molecule has 0 radical (unpaired) electrons. The van der Waals surface area contributed by atoms with Gasteiger partial charge in [0.2, 0.25) is 0 Å². The number of ether oxygens (including phenoxy) is 3. The highest BCUT2D eigenvalue weighted by atomic mass is 16.5. The van der Waals surface area contributed by atoms with Gasteiger partial charge in [-0.05, 0) is 30.7 Å². The van der Waals surface area contributed by atoms with E-state index in [1.807, 2.05) is 18.2 Å². The summed E-state index contributed by atoms with van der Waals surface area (Å²) < 4.78 is 22.2. The number of nitrogens with zero attached hydrogens (tertiary/aromatic N) is 2. The van der Waals surface area contributed by atoms with Gasteiger partial charge >= 0.3 is 5.97 Å². The molecular weight excluding hydrogens is 552 g/mol. The van der Waals surface area contributed by atoms with Crippen LogP contribution in [0.1, 0.15) is 18.1 Å². The topological polar surface area (TPSA) is 119 Å². The fraction of sp³-hybridized carbons (Fsp3) is 0.303. The van der Waals surface area contributed by atoms with E-state index in [2.05, 4.69) is 17.0 Å². The van der Waals surface area contributed by atoms with Crippen molar-refractivity contribution in [3.05, 3.63) is 88.1 Å². The molecule has 0 bridgehead atoms. The van der Waals surface area contributed by atoms with Gasteiger partial charge in [0, 0.05) is 62.0 Å². The Bertz CT molecular complexity index is 1660. The number of hydrogen-bond acceptors (Lipinski definition) is 9. The van der Waals surface area contributed by atoms with Crippen molar-refractivity contribution in [2.75, 3.05) is 46.5 Å². The van der Waals surface area contributed by atoms with Gasteiger partial charge in [-0.1, -0.05) is 30.3 Å². The number of piperazine rings is 1. The van der Waals surface area contributed by atoms with E-state index < -0.39 is 11.4 Å². The van der Waals surface area contributed by atoms with Crippen molar-refractivity contribution in [2.24, 2.45) is 0 Å². The van der Waals surface area contributed by atoms with E-state index in [0.29, 0.717) is 30.0 Å². The smallest absolute Gasteiger partial charge is 0.310 e. The van der Waals surface area contributed by atoms with Crippen molar-refractivity contribution in [3.8, 4) is 28.6 Å². The summed E-state index contributed by atoms with van der Waals surface area (Å²) in [6.45, 7) is 5.32. The normalized spacial score (nSPS) is 13.6. The molecule has 1 saturated heterocycles. The third kappa shape index (κ3) is 7.15. The van der Waals surface area contributed by atoms with Crippen molar-refractivity contribution in [3.63, 3.8) is 0 Å². The highest BCUT2D eigenvalue weighted by molar-refractivity contribution is 5.86. The van der Waals surface area contributed by atoms with Crippen molar-refractivity contribution in [1.82, 2.24) is 9.80 Å². The second-order valence-electron chi connectivity index (χ2n) is 10.2. The maximum absolute atomic E-state index is 13.0. The van der Waals surface area contributed by atoms with Gasteiger partial charge in [-0.15, -0.1) is 0 Å². The third-order valence-corrected chi connectivity index (χ3v) is 7.32. The highest BCUT2D eigenvalue weighted by Crippen LogP contribution is 2.33. The Morgan fingerprint density at radius 1 is 0.977 bits per heavy atom. The number of phenolic OH excluding ortho intramolecular Hbond substituents is 1. The molecule has 5 rings (SSSR count).